The Morgan fingerprint density at radius 2 is 1.98 bits per heavy atom. The first-order valence-electron chi connectivity index (χ1n) is 15.6. The zero-order valence-corrected chi connectivity index (χ0v) is 26.5. The van der Waals surface area contributed by atoms with Crippen molar-refractivity contribution in [2.75, 3.05) is 36.9 Å². The van der Waals surface area contributed by atoms with Crippen molar-refractivity contribution in [1.29, 1.82) is 10.5 Å². The predicted octanol–water partition coefficient (Wildman–Crippen LogP) is 7.35. The summed E-state index contributed by atoms with van der Waals surface area (Å²) in [6.45, 7) is 3.02. The van der Waals surface area contributed by atoms with Crippen LogP contribution in [0.25, 0.3) is 32.1 Å². The number of thiophene rings is 1. The van der Waals surface area contributed by atoms with Gasteiger partial charge in [0.2, 0.25) is 0 Å². The molecular formula is C33H29F6N7OS. The molecule has 2 aromatic carbocycles. The van der Waals surface area contributed by atoms with E-state index in [1.807, 2.05) is 17.9 Å². The third-order valence-corrected chi connectivity index (χ3v) is 11.0. The highest BCUT2D eigenvalue weighted by Crippen LogP contribution is 2.48. The maximum Gasteiger partial charge on any atom is 0.417 e. The van der Waals surface area contributed by atoms with Crippen LogP contribution >= 0.6 is 11.3 Å². The Morgan fingerprint density at radius 1 is 1.19 bits per heavy atom. The number of anilines is 2. The number of fused-ring (bicyclic) bond motifs is 3. The third kappa shape index (κ3) is 5.15. The van der Waals surface area contributed by atoms with Crippen LogP contribution in [0.3, 0.4) is 0 Å². The fourth-order valence-electron chi connectivity index (χ4n) is 7.72. The van der Waals surface area contributed by atoms with E-state index in [-0.39, 0.29) is 81.5 Å². The van der Waals surface area contributed by atoms with Gasteiger partial charge in [0.25, 0.3) is 0 Å². The predicted molar refractivity (Wildman–Crippen MR) is 168 cm³/mol. The Balaban J connectivity index is 1.46. The number of hydrogen-bond donors (Lipinski definition) is 1. The van der Waals surface area contributed by atoms with E-state index in [1.165, 1.54) is 0 Å². The van der Waals surface area contributed by atoms with Crippen molar-refractivity contribution in [2.24, 2.45) is 5.92 Å². The molecule has 0 saturated carbocycles. The lowest BCUT2D eigenvalue weighted by Crippen LogP contribution is -2.44. The van der Waals surface area contributed by atoms with Crippen LogP contribution in [-0.4, -0.2) is 58.9 Å². The molecule has 3 saturated heterocycles. The van der Waals surface area contributed by atoms with Crippen LogP contribution in [0.5, 0.6) is 6.01 Å². The van der Waals surface area contributed by atoms with E-state index in [9.17, 15) is 32.5 Å². The molecule has 15 heteroatoms. The zero-order chi connectivity index (χ0) is 34.1. The van der Waals surface area contributed by atoms with Crippen molar-refractivity contribution >= 4 is 43.1 Å². The molecule has 0 amide bonds. The van der Waals surface area contributed by atoms with Crippen molar-refractivity contribution in [1.82, 2.24) is 14.9 Å². The number of nitrogens with zero attached hydrogens (tertiary/aromatic N) is 6. The van der Waals surface area contributed by atoms with Gasteiger partial charge in [0.1, 0.15) is 41.0 Å². The molecule has 0 radical (unpaired) electrons. The summed E-state index contributed by atoms with van der Waals surface area (Å²) < 4.78 is 96.9. The minimum Gasteiger partial charge on any atom is -0.461 e. The molecular weight excluding hydrogens is 656 g/mol. The third-order valence-electron chi connectivity index (χ3n) is 9.96. The lowest BCUT2D eigenvalue weighted by atomic mass is 9.91. The molecule has 2 N–H and O–H groups in total. The number of alkyl halides is 4. The average molecular weight is 686 g/mol. The van der Waals surface area contributed by atoms with Crippen LogP contribution < -0.4 is 15.4 Å². The quantitative estimate of drug-likeness (QED) is 0.217. The molecule has 0 spiro atoms. The molecule has 5 heterocycles. The Bertz CT molecular complexity index is 2040. The van der Waals surface area contributed by atoms with Crippen LogP contribution in [0.15, 0.2) is 18.2 Å². The van der Waals surface area contributed by atoms with Crippen LogP contribution in [-0.2, 0) is 6.18 Å². The van der Waals surface area contributed by atoms with Gasteiger partial charge in [-0.1, -0.05) is 6.07 Å². The van der Waals surface area contributed by atoms with Crippen LogP contribution in [0.4, 0.5) is 37.2 Å². The smallest absolute Gasteiger partial charge is 0.417 e. The number of ether oxygens (including phenoxy) is 1. The summed E-state index contributed by atoms with van der Waals surface area (Å²) in [5.41, 5.74) is 1.95. The molecule has 2 aromatic heterocycles. The first-order valence-corrected chi connectivity index (χ1v) is 16.4. The van der Waals surface area contributed by atoms with Crippen molar-refractivity contribution in [3.05, 3.63) is 41.0 Å². The Kier molecular flexibility index (Phi) is 7.83. The monoisotopic (exact) mass is 685 g/mol. The average Bonchev–Trinajstić information content (AvgIpc) is 3.69. The second-order valence-electron chi connectivity index (χ2n) is 12.8. The molecule has 3 aliphatic heterocycles. The Morgan fingerprint density at radius 3 is 2.69 bits per heavy atom. The van der Waals surface area contributed by atoms with Gasteiger partial charge in [-0.15, -0.1) is 11.3 Å². The molecule has 0 bridgehead atoms. The van der Waals surface area contributed by atoms with Crippen LogP contribution in [0.1, 0.15) is 50.2 Å². The molecule has 7 rings (SSSR count). The number of nitrogen functional groups attached to an aromatic ring is 1. The molecule has 250 valence electrons. The number of nitriles is 2. The Labute approximate surface area is 275 Å². The van der Waals surface area contributed by atoms with Crippen LogP contribution in [0.2, 0.25) is 0 Å². The second kappa shape index (κ2) is 11.7. The SMILES string of the molecule is C[C@@H]1C[C@@H](C#N)CCN1c1nc(OC[C@@]23CCCN2C[C@H](F)C3)nc2c(F)c(-c3ccc(F)c4sc(N)c(C#N)c34)c(C(F)(F)F)cc12. The number of hydrogen-bond acceptors (Lipinski definition) is 9. The van der Waals surface area contributed by atoms with E-state index in [4.69, 9.17) is 10.5 Å². The normalized spacial score (nSPS) is 24.6. The number of aromatic nitrogens is 2. The minimum atomic E-state index is -5.10. The zero-order valence-electron chi connectivity index (χ0n) is 25.7. The minimum absolute atomic E-state index is 0.00215. The largest absolute Gasteiger partial charge is 0.461 e. The first kappa shape index (κ1) is 32.2. The summed E-state index contributed by atoms with van der Waals surface area (Å²) in [4.78, 5) is 12.6. The molecule has 8 nitrogen and oxygen atoms in total. The Hall–Kier alpha value is -4.34. The van der Waals surface area contributed by atoms with Gasteiger partial charge in [0, 0.05) is 47.8 Å². The van der Waals surface area contributed by atoms with E-state index < -0.39 is 46.2 Å². The van der Waals surface area contributed by atoms with Gasteiger partial charge in [-0.05, 0) is 56.8 Å². The first-order chi connectivity index (χ1) is 22.8. The van der Waals surface area contributed by atoms with Crippen molar-refractivity contribution < 1.29 is 31.1 Å². The van der Waals surface area contributed by atoms with Crippen LogP contribution in [0, 0.1) is 40.2 Å². The van der Waals surface area contributed by atoms with Crippen molar-refractivity contribution in [2.45, 2.75) is 63.0 Å². The van der Waals surface area contributed by atoms with Gasteiger partial charge >= 0.3 is 12.2 Å². The van der Waals surface area contributed by atoms with E-state index in [2.05, 4.69) is 16.0 Å². The van der Waals surface area contributed by atoms with Gasteiger partial charge in [-0.2, -0.15) is 33.7 Å². The second-order valence-corrected chi connectivity index (χ2v) is 13.9. The maximum absolute atomic E-state index is 17.0. The summed E-state index contributed by atoms with van der Waals surface area (Å²) in [5.74, 6) is -2.45. The molecule has 0 aliphatic carbocycles. The standard InChI is InChI=1S/C33H29F6N7OS/c1-16-9-17(12-40)5-8-46(16)30-20-10-22(33(37,38)39)25(19-3-4-23(35)28-24(19)21(13-41)29(42)48-28)26(36)27(20)43-31(44-30)47-15-32-6-2-7-45(32)14-18(34)11-32/h3-4,10,16-18H,2,5-9,11,14-15,42H2,1H3/t16-,17+,18-,32+/m1/s1. The van der Waals surface area contributed by atoms with E-state index in [0.29, 0.717) is 37.1 Å². The number of rotatable bonds is 5. The van der Waals surface area contributed by atoms with Gasteiger partial charge < -0.3 is 15.4 Å². The van der Waals surface area contributed by atoms with Crippen molar-refractivity contribution in [3.63, 3.8) is 0 Å². The number of benzene rings is 2. The molecule has 48 heavy (non-hydrogen) atoms. The lowest BCUT2D eigenvalue weighted by molar-refractivity contribution is -0.137. The molecule has 3 aliphatic rings. The fraction of sp³-hybridized carbons (Fsp3) is 0.455. The summed E-state index contributed by atoms with van der Waals surface area (Å²) in [6.07, 6.45) is -3.56. The topological polar surface area (TPSA) is 115 Å². The fourth-order valence-corrected chi connectivity index (χ4v) is 8.67. The number of halogens is 6. The van der Waals surface area contributed by atoms with Gasteiger partial charge in [-0.3, -0.25) is 4.90 Å². The highest BCUT2D eigenvalue weighted by Gasteiger charge is 2.49. The van der Waals surface area contributed by atoms with Gasteiger partial charge in [-0.25, -0.2) is 13.2 Å². The number of piperidine rings is 1. The molecule has 4 aromatic rings. The summed E-state index contributed by atoms with van der Waals surface area (Å²) >= 11 is 0.684. The lowest BCUT2D eigenvalue weighted by Gasteiger charge is -2.37. The van der Waals surface area contributed by atoms with Gasteiger partial charge in [0.05, 0.1) is 27.4 Å². The molecule has 4 atom stereocenters. The molecule has 3 fully saturated rings. The molecule has 0 unspecified atom stereocenters. The maximum atomic E-state index is 17.0. The number of nitrogens with two attached hydrogens (primary N) is 1. The van der Waals surface area contributed by atoms with E-state index in [0.717, 1.165) is 24.6 Å². The van der Waals surface area contributed by atoms with E-state index >= 15 is 4.39 Å². The van der Waals surface area contributed by atoms with Crippen molar-refractivity contribution in [3.8, 4) is 29.3 Å². The highest BCUT2D eigenvalue weighted by molar-refractivity contribution is 7.23. The summed E-state index contributed by atoms with van der Waals surface area (Å²) in [7, 11) is 0. The summed E-state index contributed by atoms with van der Waals surface area (Å²) in [5, 5.41) is 18.7. The van der Waals surface area contributed by atoms with E-state index in [1.54, 1.807) is 4.90 Å². The highest BCUT2D eigenvalue weighted by atomic mass is 32.1. The summed E-state index contributed by atoms with van der Waals surface area (Å²) in [6, 6.07) is 6.10. The van der Waals surface area contributed by atoms with Gasteiger partial charge in [0.15, 0.2) is 5.82 Å².